The molecule has 1 fully saturated rings. The van der Waals surface area contributed by atoms with Gasteiger partial charge >= 0.3 is 0 Å². The number of hydrogen-bond acceptors (Lipinski definition) is 5. The fraction of sp³-hybridized carbons (Fsp3) is 0.133. The molecule has 6 nitrogen and oxygen atoms in total. The van der Waals surface area contributed by atoms with Crippen LogP contribution < -0.4 is 10.1 Å². The van der Waals surface area contributed by atoms with Gasteiger partial charge in [-0.1, -0.05) is 17.7 Å². The smallest absolute Gasteiger partial charge is 0.265 e. The molecule has 8 heteroatoms. The number of carbonyl (C=O) groups excluding carboxylic acids is 2. The van der Waals surface area contributed by atoms with Gasteiger partial charge in [0.1, 0.15) is 5.57 Å². The summed E-state index contributed by atoms with van der Waals surface area (Å²) in [4.78, 5) is 25.6. The largest absolute Gasteiger partial charge is 0.503 e. The highest BCUT2D eigenvalue weighted by Gasteiger charge is 2.32. The van der Waals surface area contributed by atoms with Crippen molar-refractivity contribution in [2.75, 3.05) is 13.7 Å². The standard InChI is InChI=1S/C15H13ClN2O4S/c1-3-4-18-14(21)9(13(20)17-15(18)23)5-8-6-10(16)12(19)11(7-8)22-2/h3,5-7,19H,1,4H2,2H3,(H,17,20,23)/b9-5-. The van der Waals surface area contributed by atoms with Gasteiger partial charge in [-0.3, -0.25) is 19.8 Å². The summed E-state index contributed by atoms with van der Waals surface area (Å²) in [7, 11) is 1.37. The van der Waals surface area contributed by atoms with E-state index in [1.54, 1.807) is 0 Å². The third-order valence-electron chi connectivity index (χ3n) is 3.08. The van der Waals surface area contributed by atoms with Gasteiger partial charge < -0.3 is 9.84 Å². The zero-order chi connectivity index (χ0) is 17.1. The summed E-state index contributed by atoms with van der Waals surface area (Å²) in [5, 5.41) is 12.2. The summed E-state index contributed by atoms with van der Waals surface area (Å²) in [6.45, 7) is 3.72. The molecule has 1 aliphatic heterocycles. The van der Waals surface area contributed by atoms with Crippen molar-refractivity contribution in [2.24, 2.45) is 0 Å². The fourth-order valence-electron chi connectivity index (χ4n) is 1.99. The van der Waals surface area contributed by atoms with Crippen molar-refractivity contribution in [3.8, 4) is 11.5 Å². The Kier molecular flexibility index (Phi) is 5.02. The van der Waals surface area contributed by atoms with Gasteiger partial charge in [0.15, 0.2) is 16.6 Å². The van der Waals surface area contributed by atoms with Gasteiger partial charge in [-0.25, -0.2) is 0 Å². The highest BCUT2D eigenvalue weighted by atomic mass is 35.5. The van der Waals surface area contributed by atoms with Crippen molar-refractivity contribution in [1.82, 2.24) is 10.2 Å². The predicted octanol–water partition coefficient (Wildman–Crippen LogP) is 1.87. The lowest BCUT2D eigenvalue weighted by Crippen LogP contribution is -2.53. The molecule has 2 amide bonds. The van der Waals surface area contributed by atoms with Gasteiger partial charge in [0.25, 0.3) is 11.8 Å². The van der Waals surface area contributed by atoms with E-state index in [0.29, 0.717) is 5.56 Å². The lowest BCUT2D eigenvalue weighted by molar-refractivity contribution is -0.128. The number of methoxy groups -OCH3 is 1. The van der Waals surface area contributed by atoms with Crippen molar-refractivity contribution in [1.29, 1.82) is 0 Å². The Bertz CT molecular complexity index is 745. The van der Waals surface area contributed by atoms with Gasteiger partial charge in [-0.05, 0) is 36.0 Å². The first kappa shape index (κ1) is 17.0. The minimum atomic E-state index is -0.608. The Hall–Kier alpha value is -2.38. The van der Waals surface area contributed by atoms with E-state index in [1.165, 1.54) is 36.3 Å². The van der Waals surface area contributed by atoms with E-state index < -0.39 is 11.8 Å². The lowest BCUT2D eigenvalue weighted by Gasteiger charge is -2.27. The van der Waals surface area contributed by atoms with E-state index in [9.17, 15) is 14.7 Å². The molecule has 0 aliphatic carbocycles. The van der Waals surface area contributed by atoms with Crippen LogP contribution in [0.15, 0.2) is 30.4 Å². The molecule has 1 aromatic carbocycles. The van der Waals surface area contributed by atoms with E-state index >= 15 is 0 Å². The molecule has 0 aromatic heterocycles. The number of halogens is 1. The maximum absolute atomic E-state index is 12.4. The molecule has 2 rings (SSSR count). The second-order valence-electron chi connectivity index (χ2n) is 4.58. The number of amides is 2. The fourth-order valence-corrected chi connectivity index (χ4v) is 2.46. The van der Waals surface area contributed by atoms with E-state index in [0.717, 1.165) is 0 Å². The first-order valence-electron chi connectivity index (χ1n) is 6.45. The number of benzene rings is 1. The van der Waals surface area contributed by atoms with Crippen molar-refractivity contribution < 1.29 is 19.4 Å². The maximum Gasteiger partial charge on any atom is 0.265 e. The Morgan fingerprint density at radius 2 is 2.17 bits per heavy atom. The summed E-state index contributed by atoms with van der Waals surface area (Å²) < 4.78 is 4.99. The van der Waals surface area contributed by atoms with Crippen LogP contribution in [-0.4, -0.2) is 40.6 Å². The Morgan fingerprint density at radius 1 is 1.48 bits per heavy atom. The van der Waals surface area contributed by atoms with Crippen LogP contribution in [0.25, 0.3) is 6.08 Å². The molecule has 0 bridgehead atoms. The van der Waals surface area contributed by atoms with Crippen molar-refractivity contribution in [3.63, 3.8) is 0 Å². The zero-order valence-corrected chi connectivity index (χ0v) is 13.7. The molecule has 0 unspecified atom stereocenters. The average Bonchev–Trinajstić information content (AvgIpc) is 2.51. The van der Waals surface area contributed by atoms with Crippen LogP contribution in [0.4, 0.5) is 0 Å². The lowest BCUT2D eigenvalue weighted by atomic mass is 10.1. The molecule has 1 saturated heterocycles. The van der Waals surface area contributed by atoms with Crippen molar-refractivity contribution >= 4 is 46.8 Å². The second kappa shape index (κ2) is 6.80. The molecule has 23 heavy (non-hydrogen) atoms. The summed E-state index contributed by atoms with van der Waals surface area (Å²) in [6.07, 6.45) is 2.85. The monoisotopic (exact) mass is 352 g/mol. The first-order chi connectivity index (χ1) is 10.9. The number of nitrogens with zero attached hydrogens (tertiary/aromatic N) is 1. The molecule has 2 N–H and O–H groups in total. The van der Waals surface area contributed by atoms with Crippen molar-refractivity contribution in [2.45, 2.75) is 0 Å². The number of phenolic OH excluding ortho intramolecular Hbond substituents is 1. The topological polar surface area (TPSA) is 78.9 Å². The summed E-state index contributed by atoms with van der Waals surface area (Å²) in [5.74, 6) is -1.23. The Labute approximate surface area is 143 Å². The molecular weight excluding hydrogens is 340 g/mol. The van der Waals surface area contributed by atoms with Crippen LogP contribution in [0.5, 0.6) is 11.5 Å². The van der Waals surface area contributed by atoms with Crippen molar-refractivity contribution in [3.05, 3.63) is 40.9 Å². The highest BCUT2D eigenvalue weighted by Crippen LogP contribution is 2.35. The van der Waals surface area contributed by atoms with Crippen LogP contribution in [0, 0.1) is 0 Å². The van der Waals surface area contributed by atoms with Crippen LogP contribution in [0.3, 0.4) is 0 Å². The Morgan fingerprint density at radius 3 is 2.78 bits per heavy atom. The molecular formula is C15H13ClN2O4S. The number of hydrogen-bond donors (Lipinski definition) is 2. The minimum absolute atomic E-state index is 0.0263. The third kappa shape index (κ3) is 3.35. The SMILES string of the molecule is C=CCN1C(=O)/C(=C\c2cc(Cl)c(O)c(OC)c2)C(=O)NC1=S. The molecule has 0 radical (unpaired) electrons. The van der Waals surface area contributed by atoms with Gasteiger partial charge in [-0.15, -0.1) is 6.58 Å². The average molecular weight is 353 g/mol. The molecule has 1 aromatic rings. The van der Waals surface area contributed by atoms with Gasteiger partial charge in [0.2, 0.25) is 0 Å². The molecule has 1 heterocycles. The van der Waals surface area contributed by atoms with Crippen LogP contribution in [0.1, 0.15) is 5.56 Å². The molecule has 1 aliphatic rings. The van der Waals surface area contributed by atoms with E-state index in [4.69, 9.17) is 28.6 Å². The third-order valence-corrected chi connectivity index (χ3v) is 3.69. The van der Waals surface area contributed by atoms with E-state index in [-0.39, 0.29) is 33.8 Å². The van der Waals surface area contributed by atoms with Gasteiger partial charge in [0.05, 0.1) is 12.1 Å². The predicted molar refractivity (Wildman–Crippen MR) is 90.3 cm³/mol. The molecule has 0 saturated carbocycles. The first-order valence-corrected chi connectivity index (χ1v) is 7.24. The highest BCUT2D eigenvalue weighted by molar-refractivity contribution is 7.80. The maximum atomic E-state index is 12.4. The van der Waals surface area contributed by atoms with Gasteiger partial charge in [-0.2, -0.15) is 0 Å². The minimum Gasteiger partial charge on any atom is -0.503 e. The number of nitrogens with one attached hydrogen (secondary N) is 1. The van der Waals surface area contributed by atoms with Crippen LogP contribution in [-0.2, 0) is 9.59 Å². The number of aromatic hydroxyl groups is 1. The second-order valence-corrected chi connectivity index (χ2v) is 5.37. The summed E-state index contributed by atoms with van der Waals surface area (Å²) in [6, 6.07) is 2.87. The number of phenols is 1. The molecule has 0 spiro atoms. The number of ether oxygens (including phenoxy) is 1. The number of carbonyl (C=O) groups is 2. The number of thiocarbonyl (C=S) groups is 1. The van der Waals surface area contributed by atoms with Crippen LogP contribution >= 0.6 is 23.8 Å². The number of rotatable bonds is 4. The molecule has 0 atom stereocenters. The van der Waals surface area contributed by atoms with Crippen LogP contribution in [0.2, 0.25) is 5.02 Å². The van der Waals surface area contributed by atoms with E-state index in [1.807, 2.05) is 0 Å². The molecule has 120 valence electrons. The quantitative estimate of drug-likeness (QED) is 0.374. The Balaban J connectivity index is 2.46. The zero-order valence-electron chi connectivity index (χ0n) is 12.1. The van der Waals surface area contributed by atoms with E-state index in [2.05, 4.69) is 11.9 Å². The summed E-state index contributed by atoms with van der Waals surface area (Å²) >= 11 is 10.9. The van der Waals surface area contributed by atoms with Gasteiger partial charge in [0, 0.05) is 6.54 Å². The normalized spacial score (nSPS) is 16.5. The summed E-state index contributed by atoms with van der Waals surface area (Å²) in [5.41, 5.74) is 0.318.